The number of amides is 1. The molecule has 4 aromatic rings. The summed E-state index contributed by atoms with van der Waals surface area (Å²) in [5, 5.41) is 9.78. The van der Waals surface area contributed by atoms with Crippen LogP contribution in [0.1, 0.15) is 28.9 Å². The van der Waals surface area contributed by atoms with Gasteiger partial charge in [0.25, 0.3) is 17.4 Å². The molecule has 0 atom stereocenters. The van der Waals surface area contributed by atoms with Crippen LogP contribution in [0.4, 0.5) is 8.78 Å². The smallest absolute Gasteiger partial charge is 0.272 e. The van der Waals surface area contributed by atoms with Crippen molar-refractivity contribution in [2.45, 2.75) is 25.7 Å². The van der Waals surface area contributed by atoms with Crippen molar-refractivity contribution in [1.82, 2.24) is 15.1 Å². The van der Waals surface area contributed by atoms with E-state index in [1.807, 2.05) is 49.4 Å². The Morgan fingerprint density at radius 1 is 1.00 bits per heavy atom. The predicted molar refractivity (Wildman–Crippen MR) is 120 cm³/mol. The predicted octanol–water partition coefficient (Wildman–Crippen LogP) is 4.92. The fourth-order valence-corrected chi connectivity index (χ4v) is 4.35. The minimum absolute atomic E-state index is 0.0630. The van der Waals surface area contributed by atoms with Gasteiger partial charge in [-0.25, -0.2) is 13.9 Å². The summed E-state index contributed by atoms with van der Waals surface area (Å²) in [5.41, 5.74) is 2.91. The second-order valence-electron chi connectivity index (χ2n) is 8.29. The minimum atomic E-state index is -2.69. The number of halogens is 2. The summed E-state index contributed by atoms with van der Waals surface area (Å²) in [5.74, 6) is -2.91. The Bertz CT molecular complexity index is 1420. The van der Waals surface area contributed by atoms with Crippen LogP contribution in [0, 0.1) is 6.92 Å². The zero-order valence-corrected chi connectivity index (χ0v) is 17.5. The minimum Gasteiger partial charge on any atom is -0.338 e. The molecule has 0 radical (unpaired) electrons. The summed E-state index contributed by atoms with van der Waals surface area (Å²) in [6.07, 6.45) is -0.592. The van der Waals surface area contributed by atoms with Gasteiger partial charge in [0.15, 0.2) is 0 Å². The van der Waals surface area contributed by atoms with Crippen molar-refractivity contribution in [3.8, 4) is 11.1 Å². The summed E-state index contributed by atoms with van der Waals surface area (Å²) in [7, 11) is 0. The highest BCUT2D eigenvalue weighted by molar-refractivity contribution is 6.03. The number of fused-ring (bicyclic) bond motifs is 2. The molecule has 162 valence electrons. The van der Waals surface area contributed by atoms with Crippen molar-refractivity contribution in [3.05, 3.63) is 76.2 Å². The third kappa shape index (κ3) is 3.53. The molecule has 2 heterocycles. The molecular formula is C25H21F2N3O2. The molecule has 32 heavy (non-hydrogen) atoms. The number of nitrogens with one attached hydrogen (secondary N) is 1. The van der Waals surface area contributed by atoms with Crippen LogP contribution in [0.25, 0.3) is 32.7 Å². The lowest BCUT2D eigenvalue weighted by Crippen LogP contribution is -2.42. The van der Waals surface area contributed by atoms with Gasteiger partial charge in [-0.1, -0.05) is 30.3 Å². The Hall–Kier alpha value is -3.61. The number of rotatable bonds is 2. The first kappa shape index (κ1) is 20.3. The molecule has 0 unspecified atom stereocenters. The second kappa shape index (κ2) is 7.51. The lowest BCUT2D eigenvalue weighted by molar-refractivity contribution is -0.0494. The molecule has 1 aliphatic rings. The number of likely N-dealkylation sites (tertiary alicyclic amines) is 1. The molecule has 1 aliphatic heterocycles. The Morgan fingerprint density at radius 3 is 2.53 bits per heavy atom. The largest absolute Gasteiger partial charge is 0.338 e. The van der Waals surface area contributed by atoms with Gasteiger partial charge in [-0.15, -0.1) is 0 Å². The van der Waals surface area contributed by atoms with Crippen LogP contribution in [-0.2, 0) is 0 Å². The third-order valence-electron chi connectivity index (χ3n) is 6.20. The number of piperidine rings is 1. The number of alkyl halides is 2. The highest BCUT2D eigenvalue weighted by atomic mass is 19.3. The molecule has 0 bridgehead atoms. The SMILES string of the molecule is Cc1n[nH]c(=O)c2ccc(-c3cccc4cc(C(=O)N5CCC(F)(F)CC5)ccc34)cc12. The van der Waals surface area contributed by atoms with Crippen LogP contribution in [-0.4, -0.2) is 40.0 Å². The summed E-state index contributed by atoms with van der Waals surface area (Å²) in [6.45, 7) is 1.97. The lowest BCUT2D eigenvalue weighted by atomic mass is 9.95. The van der Waals surface area contributed by atoms with Crippen molar-refractivity contribution < 1.29 is 13.6 Å². The van der Waals surface area contributed by atoms with Gasteiger partial charge in [-0.2, -0.15) is 5.10 Å². The van der Waals surface area contributed by atoms with E-state index in [-0.39, 0.29) is 37.4 Å². The van der Waals surface area contributed by atoms with E-state index in [1.165, 1.54) is 4.90 Å². The molecule has 3 aromatic carbocycles. The molecule has 0 saturated carbocycles. The van der Waals surface area contributed by atoms with Crippen LogP contribution >= 0.6 is 0 Å². The number of carbonyl (C=O) groups is 1. The standard InChI is InChI=1S/C25H21F2N3O2/c1-15-22-14-17(5-8-21(22)23(31)29-28-15)19-4-2-3-16-13-18(6-7-20(16)19)24(32)30-11-9-25(26,27)10-12-30/h2-8,13-14H,9-12H2,1H3,(H,29,31). The molecule has 5 nitrogen and oxygen atoms in total. The number of hydrogen-bond donors (Lipinski definition) is 1. The van der Waals surface area contributed by atoms with Gasteiger partial charge < -0.3 is 4.90 Å². The van der Waals surface area contributed by atoms with E-state index in [0.717, 1.165) is 33.0 Å². The third-order valence-corrected chi connectivity index (χ3v) is 6.20. The van der Waals surface area contributed by atoms with E-state index in [4.69, 9.17) is 0 Å². The number of aryl methyl sites for hydroxylation is 1. The molecule has 1 fully saturated rings. The summed E-state index contributed by atoms with van der Waals surface area (Å²) in [6, 6.07) is 16.9. The fourth-order valence-electron chi connectivity index (χ4n) is 4.35. The Labute approximate surface area is 182 Å². The van der Waals surface area contributed by atoms with Gasteiger partial charge in [0, 0.05) is 36.9 Å². The first-order chi connectivity index (χ1) is 15.3. The van der Waals surface area contributed by atoms with E-state index >= 15 is 0 Å². The molecule has 1 N–H and O–H groups in total. The normalized spacial score (nSPS) is 15.9. The maximum Gasteiger partial charge on any atom is 0.272 e. The van der Waals surface area contributed by atoms with E-state index in [9.17, 15) is 18.4 Å². The van der Waals surface area contributed by atoms with E-state index in [1.54, 1.807) is 12.1 Å². The number of H-pyrrole nitrogens is 1. The van der Waals surface area contributed by atoms with Gasteiger partial charge in [0.1, 0.15) is 0 Å². The first-order valence-electron chi connectivity index (χ1n) is 10.5. The number of nitrogens with zero attached hydrogens (tertiary/aromatic N) is 2. The highest BCUT2D eigenvalue weighted by Gasteiger charge is 2.35. The van der Waals surface area contributed by atoms with Gasteiger partial charge in [-0.3, -0.25) is 9.59 Å². The van der Waals surface area contributed by atoms with Crippen LogP contribution < -0.4 is 5.56 Å². The summed E-state index contributed by atoms with van der Waals surface area (Å²) < 4.78 is 26.9. The molecular weight excluding hydrogens is 412 g/mol. The van der Waals surface area contributed by atoms with Crippen molar-refractivity contribution in [2.24, 2.45) is 0 Å². The molecule has 0 spiro atoms. The molecule has 1 amide bonds. The number of carbonyl (C=O) groups excluding carboxylic acids is 1. The molecule has 1 saturated heterocycles. The first-order valence-corrected chi connectivity index (χ1v) is 10.5. The van der Waals surface area contributed by atoms with Gasteiger partial charge in [0.05, 0.1) is 11.1 Å². The van der Waals surface area contributed by atoms with Gasteiger partial charge in [-0.05, 0) is 53.1 Å². The zero-order chi connectivity index (χ0) is 22.5. The topological polar surface area (TPSA) is 66.1 Å². The second-order valence-corrected chi connectivity index (χ2v) is 8.29. The quantitative estimate of drug-likeness (QED) is 0.488. The lowest BCUT2D eigenvalue weighted by Gasteiger charge is -2.31. The van der Waals surface area contributed by atoms with Crippen molar-refractivity contribution >= 4 is 27.5 Å². The number of aromatic amines is 1. The van der Waals surface area contributed by atoms with Gasteiger partial charge in [0.2, 0.25) is 0 Å². The van der Waals surface area contributed by atoms with Crippen LogP contribution in [0.3, 0.4) is 0 Å². The van der Waals surface area contributed by atoms with Crippen molar-refractivity contribution in [3.63, 3.8) is 0 Å². The van der Waals surface area contributed by atoms with Gasteiger partial charge >= 0.3 is 0 Å². The molecule has 0 aliphatic carbocycles. The van der Waals surface area contributed by atoms with Crippen molar-refractivity contribution in [1.29, 1.82) is 0 Å². The van der Waals surface area contributed by atoms with Crippen LogP contribution in [0.2, 0.25) is 0 Å². The monoisotopic (exact) mass is 433 g/mol. The van der Waals surface area contributed by atoms with Crippen LogP contribution in [0.5, 0.6) is 0 Å². The van der Waals surface area contributed by atoms with E-state index in [2.05, 4.69) is 10.2 Å². The Balaban J connectivity index is 1.53. The zero-order valence-electron chi connectivity index (χ0n) is 17.5. The average Bonchev–Trinajstić information content (AvgIpc) is 2.80. The molecule has 1 aromatic heterocycles. The summed E-state index contributed by atoms with van der Waals surface area (Å²) in [4.78, 5) is 26.4. The Kier molecular flexibility index (Phi) is 4.77. The number of benzene rings is 3. The number of hydrogen-bond acceptors (Lipinski definition) is 3. The van der Waals surface area contributed by atoms with E-state index < -0.39 is 5.92 Å². The maximum atomic E-state index is 13.4. The number of aromatic nitrogens is 2. The van der Waals surface area contributed by atoms with Crippen molar-refractivity contribution in [2.75, 3.05) is 13.1 Å². The average molecular weight is 433 g/mol. The van der Waals surface area contributed by atoms with Crippen LogP contribution in [0.15, 0.2) is 59.4 Å². The fraction of sp³-hybridized carbons (Fsp3) is 0.240. The Morgan fingerprint density at radius 2 is 1.75 bits per heavy atom. The van der Waals surface area contributed by atoms with E-state index in [0.29, 0.717) is 10.9 Å². The summed E-state index contributed by atoms with van der Waals surface area (Å²) >= 11 is 0. The molecule has 5 rings (SSSR count). The maximum absolute atomic E-state index is 13.4. The highest BCUT2D eigenvalue weighted by Crippen LogP contribution is 2.32. The molecule has 7 heteroatoms.